The molecule has 0 saturated heterocycles. The van der Waals surface area contributed by atoms with Gasteiger partial charge in [-0.25, -0.2) is 4.79 Å². The molecule has 0 bridgehead atoms. The van der Waals surface area contributed by atoms with Crippen LogP contribution in [0.25, 0.3) is 0 Å². The summed E-state index contributed by atoms with van der Waals surface area (Å²) in [5.41, 5.74) is 2.81. The molecule has 0 heterocycles. The standard InChI is InChI=1S/C39H58O4/c1-8-26(4)36(40)42-30-15-12-28(13-16-30)37(41)43-31-20-22-38(6)29(24-31)14-17-32-34-19-18-33(27(5)11-9-10-25(2)3)39(34,7)23-21-35(32)38/h12-16,25-27,31-35H,8-11,17-24H2,1-7H3. The van der Waals surface area contributed by atoms with E-state index in [0.717, 1.165) is 61.2 Å². The van der Waals surface area contributed by atoms with Gasteiger partial charge in [-0.3, -0.25) is 4.79 Å². The highest BCUT2D eigenvalue weighted by atomic mass is 16.5. The number of rotatable bonds is 10. The number of hydrogen-bond donors (Lipinski definition) is 0. The molecule has 1 aromatic carbocycles. The summed E-state index contributed by atoms with van der Waals surface area (Å²) in [7, 11) is 0. The smallest absolute Gasteiger partial charge is 0.338 e. The van der Waals surface area contributed by atoms with Gasteiger partial charge >= 0.3 is 11.9 Å². The van der Waals surface area contributed by atoms with Crippen LogP contribution in [0.15, 0.2) is 35.9 Å². The number of carbonyl (C=O) groups excluding carboxylic acids is 2. The van der Waals surface area contributed by atoms with Gasteiger partial charge in [-0.1, -0.05) is 79.4 Å². The van der Waals surface area contributed by atoms with E-state index in [9.17, 15) is 9.59 Å². The molecule has 0 aliphatic heterocycles. The Bertz CT molecular complexity index is 1170. The van der Waals surface area contributed by atoms with E-state index in [0.29, 0.717) is 16.7 Å². The second-order valence-electron chi connectivity index (χ2n) is 15.8. The van der Waals surface area contributed by atoms with Gasteiger partial charge in [-0.15, -0.1) is 0 Å². The van der Waals surface area contributed by atoms with Crippen LogP contribution in [0.1, 0.15) is 136 Å². The molecule has 4 aliphatic rings. The van der Waals surface area contributed by atoms with E-state index in [1.165, 1.54) is 51.4 Å². The third-order valence-electron chi connectivity index (χ3n) is 12.9. The molecule has 4 heteroatoms. The molecular weight excluding hydrogens is 532 g/mol. The van der Waals surface area contributed by atoms with Gasteiger partial charge in [0.15, 0.2) is 0 Å². The lowest BCUT2D eigenvalue weighted by Crippen LogP contribution is -2.51. The van der Waals surface area contributed by atoms with E-state index >= 15 is 0 Å². The molecule has 4 nitrogen and oxygen atoms in total. The second kappa shape index (κ2) is 13.1. The quantitative estimate of drug-likeness (QED) is 0.155. The molecule has 0 spiro atoms. The Morgan fingerprint density at radius 1 is 0.930 bits per heavy atom. The molecule has 3 fully saturated rings. The zero-order valence-corrected chi connectivity index (χ0v) is 28.1. The van der Waals surface area contributed by atoms with Crippen LogP contribution in [0.3, 0.4) is 0 Å². The summed E-state index contributed by atoms with van der Waals surface area (Å²) in [6.45, 7) is 16.3. The van der Waals surface area contributed by atoms with Gasteiger partial charge in [-0.05, 0) is 122 Å². The number of allylic oxidation sites excluding steroid dienone is 1. The molecule has 43 heavy (non-hydrogen) atoms. The van der Waals surface area contributed by atoms with E-state index in [1.54, 1.807) is 29.8 Å². The first kappa shape index (κ1) is 32.3. The first-order valence-electron chi connectivity index (χ1n) is 17.7. The van der Waals surface area contributed by atoms with Gasteiger partial charge in [0.25, 0.3) is 0 Å². The van der Waals surface area contributed by atoms with Crippen LogP contribution in [0, 0.1) is 52.3 Å². The Morgan fingerprint density at radius 2 is 1.67 bits per heavy atom. The fourth-order valence-corrected chi connectivity index (χ4v) is 10.0. The molecule has 3 saturated carbocycles. The lowest BCUT2D eigenvalue weighted by Gasteiger charge is -2.58. The predicted octanol–water partition coefficient (Wildman–Crippen LogP) is 10.2. The topological polar surface area (TPSA) is 52.6 Å². The maximum atomic E-state index is 13.1. The summed E-state index contributed by atoms with van der Waals surface area (Å²) >= 11 is 0. The molecule has 0 aromatic heterocycles. The second-order valence-corrected chi connectivity index (χ2v) is 15.8. The van der Waals surface area contributed by atoms with Crippen LogP contribution in [0.4, 0.5) is 0 Å². The third-order valence-corrected chi connectivity index (χ3v) is 12.9. The van der Waals surface area contributed by atoms with Gasteiger partial charge in [-0.2, -0.15) is 0 Å². The molecule has 9 unspecified atom stereocenters. The van der Waals surface area contributed by atoms with Crippen molar-refractivity contribution in [1.29, 1.82) is 0 Å². The van der Waals surface area contributed by atoms with Crippen molar-refractivity contribution in [3.05, 3.63) is 41.5 Å². The monoisotopic (exact) mass is 590 g/mol. The minimum Gasteiger partial charge on any atom is -0.458 e. The van der Waals surface area contributed by atoms with Crippen LogP contribution >= 0.6 is 0 Å². The van der Waals surface area contributed by atoms with Gasteiger partial charge in [0.05, 0.1) is 11.5 Å². The van der Waals surface area contributed by atoms with E-state index in [2.05, 4.69) is 40.7 Å². The average molecular weight is 591 g/mol. The fraction of sp³-hybridized carbons (Fsp3) is 0.744. The van der Waals surface area contributed by atoms with Crippen LogP contribution in [-0.2, 0) is 9.53 Å². The molecule has 5 rings (SSSR count). The number of esters is 2. The van der Waals surface area contributed by atoms with Crippen molar-refractivity contribution in [2.45, 2.75) is 132 Å². The van der Waals surface area contributed by atoms with Crippen LogP contribution in [0.5, 0.6) is 5.75 Å². The number of fused-ring (bicyclic) bond motifs is 5. The van der Waals surface area contributed by atoms with Crippen molar-refractivity contribution in [2.75, 3.05) is 0 Å². The number of ether oxygens (including phenoxy) is 2. The highest BCUT2D eigenvalue weighted by Crippen LogP contribution is 2.67. The van der Waals surface area contributed by atoms with Crippen molar-refractivity contribution >= 4 is 11.9 Å². The molecule has 4 aliphatic carbocycles. The molecule has 0 N–H and O–H groups in total. The van der Waals surface area contributed by atoms with E-state index < -0.39 is 0 Å². The predicted molar refractivity (Wildman–Crippen MR) is 174 cm³/mol. The Morgan fingerprint density at radius 3 is 2.37 bits per heavy atom. The molecule has 0 radical (unpaired) electrons. The van der Waals surface area contributed by atoms with Crippen molar-refractivity contribution in [3.63, 3.8) is 0 Å². The largest absolute Gasteiger partial charge is 0.458 e. The molecule has 238 valence electrons. The van der Waals surface area contributed by atoms with Crippen molar-refractivity contribution < 1.29 is 19.1 Å². The van der Waals surface area contributed by atoms with Gasteiger partial charge in [0, 0.05) is 6.42 Å². The Hall–Kier alpha value is -2.10. The lowest BCUT2D eigenvalue weighted by atomic mass is 9.47. The maximum absolute atomic E-state index is 13.1. The zero-order valence-electron chi connectivity index (χ0n) is 28.1. The highest BCUT2D eigenvalue weighted by molar-refractivity contribution is 5.89. The van der Waals surface area contributed by atoms with Gasteiger partial charge in [0.2, 0.25) is 0 Å². The summed E-state index contributed by atoms with van der Waals surface area (Å²) < 4.78 is 11.5. The first-order valence-corrected chi connectivity index (χ1v) is 17.7. The minimum absolute atomic E-state index is 0.0670. The molecular formula is C39H58O4. The zero-order chi connectivity index (χ0) is 30.9. The Kier molecular flexibility index (Phi) is 9.84. The molecule has 1 aromatic rings. The first-order chi connectivity index (χ1) is 20.5. The van der Waals surface area contributed by atoms with E-state index in [-0.39, 0.29) is 29.4 Å². The molecule has 0 amide bonds. The number of carbonyl (C=O) groups is 2. The summed E-state index contributed by atoms with van der Waals surface area (Å²) in [5, 5.41) is 0. The SMILES string of the molecule is CCC(C)C(=O)Oc1ccc(C(=O)OC2CCC3(C)C(=CCC4C3CCC3(C)C(C(C)CCCC(C)C)CCC43)C2)cc1. The summed E-state index contributed by atoms with van der Waals surface area (Å²) in [6, 6.07) is 6.79. The average Bonchev–Trinajstić information content (AvgIpc) is 3.34. The van der Waals surface area contributed by atoms with Crippen molar-refractivity contribution in [1.82, 2.24) is 0 Å². The minimum atomic E-state index is -0.282. The van der Waals surface area contributed by atoms with Crippen molar-refractivity contribution in [3.8, 4) is 5.75 Å². The fourth-order valence-electron chi connectivity index (χ4n) is 10.0. The van der Waals surface area contributed by atoms with Crippen LogP contribution in [-0.4, -0.2) is 18.0 Å². The summed E-state index contributed by atoms with van der Waals surface area (Å²) in [5.74, 6) is 4.79. The normalized spacial score (nSPS) is 34.8. The lowest BCUT2D eigenvalue weighted by molar-refractivity contribution is -0.138. The number of benzene rings is 1. The van der Waals surface area contributed by atoms with E-state index in [4.69, 9.17) is 9.47 Å². The summed E-state index contributed by atoms with van der Waals surface area (Å²) in [6.07, 6.45) is 17.1. The van der Waals surface area contributed by atoms with Crippen molar-refractivity contribution in [2.24, 2.45) is 52.3 Å². The third kappa shape index (κ3) is 6.50. The van der Waals surface area contributed by atoms with Gasteiger partial charge in [0.1, 0.15) is 11.9 Å². The highest BCUT2D eigenvalue weighted by Gasteiger charge is 2.59. The maximum Gasteiger partial charge on any atom is 0.338 e. The molecule has 9 atom stereocenters. The van der Waals surface area contributed by atoms with Crippen LogP contribution in [0.2, 0.25) is 0 Å². The van der Waals surface area contributed by atoms with Gasteiger partial charge < -0.3 is 9.47 Å². The number of hydrogen-bond acceptors (Lipinski definition) is 4. The summed E-state index contributed by atoms with van der Waals surface area (Å²) in [4.78, 5) is 25.2. The van der Waals surface area contributed by atoms with Crippen LogP contribution < -0.4 is 4.74 Å². The Balaban J connectivity index is 1.19. The Labute approximate surface area is 261 Å². The van der Waals surface area contributed by atoms with E-state index in [1.807, 2.05) is 13.8 Å².